The van der Waals surface area contributed by atoms with Crippen molar-refractivity contribution in [2.45, 2.75) is 31.3 Å². The van der Waals surface area contributed by atoms with Gasteiger partial charge in [-0.2, -0.15) is 0 Å². The summed E-state index contributed by atoms with van der Waals surface area (Å²) in [6, 6.07) is 16.6. The highest BCUT2D eigenvalue weighted by atomic mass is 79.9. The van der Waals surface area contributed by atoms with Gasteiger partial charge in [-0.25, -0.2) is 0 Å². The van der Waals surface area contributed by atoms with E-state index in [1.807, 2.05) is 18.2 Å². The Kier molecular flexibility index (Phi) is 5.18. The average molecular weight is 388 g/mol. The average Bonchev–Trinajstić information content (AvgIpc) is 2.97. The van der Waals surface area contributed by atoms with Gasteiger partial charge in [0.25, 0.3) is 0 Å². The third kappa shape index (κ3) is 3.51. The Bertz CT molecular complexity index is 814. The Morgan fingerprint density at radius 1 is 1.04 bits per heavy atom. The van der Waals surface area contributed by atoms with E-state index in [0.29, 0.717) is 0 Å². The SMILES string of the molecule is CCn1c(SCc2ccccc2Br)nnc1-c1ccccc1C. The van der Waals surface area contributed by atoms with E-state index in [9.17, 15) is 0 Å². The van der Waals surface area contributed by atoms with Crippen LogP contribution in [0.2, 0.25) is 0 Å². The van der Waals surface area contributed by atoms with E-state index in [4.69, 9.17) is 0 Å². The van der Waals surface area contributed by atoms with Crippen LogP contribution < -0.4 is 0 Å². The fourth-order valence-corrected chi connectivity index (χ4v) is 4.08. The Morgan fingerprint density at radius 2 is 1.78 bits per heavy atom. The van der Waals surface area contributed by atoms with Crippen LogP contribution in [0.25, 0.3) is 11.4 Å². The summed E-state index contributed by atoms with van der Waals surface area (Å²) >= 11 is 5.32. The number of halogens is 1. The van der Waals surface area contributed by atoms with Crippen molar-refractivity contribution in [3.8, 4) is 11.4 Å². The molecule has 3 aromatic rings. The van der Waals surface area contributed by atoms with E-state index in [2.05, 4.69) is 74.9 Å². The molecule has 2 aromatic carbocycles. The summed E-state index contributed by atoms with van der Waals surface area (Å²) in [5.74, 6) is 1.81. The Labute approximate surface area is 149 Å². The lowest BCUT2D eigenvalue weighted by molar-refractivity contribution is 0.687. The van der Waals surface area contributed by atoms with Gasteiger partial charge < -0.3 is 4.57 Å². The molecule has 3 rings (SSSR count). The van der Waals surface area contributed by atoms with Gasteiger partial charge in [0, 0.05) is 22.3 Å². The summed E-state index contributed by atoms with van der Waals surface area (Å²) < 4.78 is 3.32. The maximum Gasteiger partial charge on any atom is 0.191 e. The summed E-state index contributed by atoms with van der Waals surface area (Å²) in [5, 5.41) is 9.80. The van der Waals surface area contributed by atoms with E-state index >= 15 is 0 Å². The number of rotatable bonds is 5. The van der Waals surface area contributed by atoms with Gasteiger partial charge in [-0.05, 0) is 31.0 Å². The number of hydrogen-bond acceptors (Lipinski definition) is 3. The van der Waals surface area contributed by atoms with Gasteiger partial charge in [0.05, 0.1) is 0 Å². The highest BCUT2D eigenvalue weighted by Crippen LogP contribution is 2.29. The molecule has 0 aliphatic heterocycles. The summed E-state index contributed by atoms with van der Waals surface area (Å²) in [4.78, 5) is 0. The highest BCUT2D eigenvalue weighted by molar-refractivity contribution is 9.10. The molecule has 0 unspecified atom stereocenters. The van der Waals surface area contributed by atoms with Crippen molar-refractivity contribution in [1.29, 1.82) is 0 Å². The zero-order valence-corrected chi connectivity index (χ0v) is 15.6. The molecule has 0 saturated heterocycles. The monoisotopic (exact) mass is 387 g/mol. The first-order chi connectivity index (χ1) is 11.2. The van der Waals surface area contributed by atoms with Crippen LogP contribution in [0.4, 0.5) is 0 Å². The summed E-state index contributed by atoms with van der Waals surface area (Å²) in [5.41, 5.74) is 3.63. The predicted octanol–water partition coefficient (Wildman–Crippen LogP) is 5.33. The largest absolute Gasteiger partial charge is 0.302 e. The Hall–Kier alpha value is -1.59. The molecule has 0 fully saturated rings. The van der Waals surface area contributed by atoms with Gasteiger partial charge in [0.1, 0.15) is 0 Å². The van der Waals surface area contributed by atoms with Gasteiger partial charge in [-0.1, -0.05) is 70.2 Å². The molecule has 0 aliphatic rings. The van der Waals surface area contributed by atoms with Crippen LogP contribution in [0.5, 0.6) is 0 Å². The number of aryl methyl sites for hydroxylation is 1. The van der Waals surface area contributed by atoms with Gasteiger partial charge in [0.2, 0.25) is 0 Å². The quantitative estimate of drug-likeness (QED) is 0.554. The third-order valence-corrected chi connectivity index (χ3v) is 5.52. The van der Waals surface area contributed by atoms with Crippen LogP contribution in [-0.4, -0.2) is 14.8 Å². The molecular weight excluding hydrogens is 370 g/mol. The highest BCUT2D eigenvalue weighted by Gasteiger charge is 2.14. The molecule has 0 amide bonds. The van der Waals surface area contributed by atoms with Crippen molar-refractivity contribution in [3.05, 3.63) is 64.1 Å². The lowest BCUT2D eigenvalue weighted by atomic mass is 10.1. The molecular formula is C18H18BrN3S. The first kappa shape index (κ1) is 16.3. The van der Waals surface area contributed by atoms with Gasteiger partial charge in [-0.3, -0.25) is 0 Å². The van der Waals surface area contributed by atoms with Crippen molar-refractivity contribution < 1.29 is 0 Å². The molecule has 118 valence electrons. The smallest absolute Gasteiger partial charge is 0.191 e. The fraction of sp³-hybridized carbons (Fsp3) is 0.222. The minimum absolute atomic E-state index is 0.856. The number of nitrogens with zero attached hydrogens (tertiary/aromatic N) is 3. The van der Waals surface area contributed by atoms with E-state index in [-0.39, 0.29) is 0 Å². The second-order valence-corrected chi connectivity index (χ2v) is 7.04. The molecule has 3 nitrogen and oxygen atoms in total. The van der Waals surface area contributed by atoms with Crippen LogP contribution >= 0.6 is 27.7 Å². The van der Waals surface area contributed by atoms with E-state index in [0.717, 1.165) is 33.3 Å². The molecule has 0 atom stereocenters. The Morgan fingerprint density at radius 3 is 2.52 bits per heavy atom. The topological polar surface area (TPSA) is 30.7 Å². The van der Waals surface area contributed by atoms with Crippen LogP contribution in [0.3, 0.4) is 0 Å². The van der Waals surface area contributed by atoms with E-state index in [1.165, 1.54) is 11.1 Å². The Balaban J connectivity index is 1.87. The molecule has 1 aromatic heterocycles. The molecule has 0 saturated carbocycles. The van der Waals surface area contributed by atoms with E-state index < -0.39 is 0 Å². The molecule has 0 bridgehead atoms. The van der Waals surface area contributed by atoms with E-state index in [1.54, 1.807) is 11.8 Å². The standard InChI is InChI=1S/C18H18BrN3S/c1-3-22-17(15-10-6-4-8-13(15)2)20-21-18(22)23-12-14-9-5-7-11-16(14)19/h4-11H,3,12H2,1-2H3. The van der Waals surface area contributed by atoms with Crippen molar-refractivity contribution in [2.75, 3.05) is 0 Å². The first-order valence-electron chi connectivity index (χ1n) is 7.56. The van der Waals surface area contributed by atoms with Gasteiger partial charge in [0.15, 0.2) is 11.0 Å². The molecule has 0 aliphatic carbocycles. The minimum atomic E-state index is 0.856. The van der Waals surface area contributed by atoms with Crippen LogP contribution in [-0.2, 0) is 12.3 Å². The summed E-state index contributed by atoms with van der Waals surface area (Å²) in [6.07, 6.45) is 0. The maximum absolute atomic E-state index is 4.43. The second kappa shape index (κ2) is 7.32. The molecule has 1 heterocycles. The third-order valence-electron chi connectivity index (χ3n) is 3.73. The van der Waals surface area contributed by atoms with Crippen molar-refractivity contribution in [1.82, 2.24) is 14.8 Å². The van der Waals surface area contributed by atoms with Crippen LogP contribution in [0.1, 0.15) is 18.1 Å². The zero-order valence-electron chi connectivity index (χ0n) is 13.2. The molecule has 0 spiro atoms. The minimum Gasteiger partial charge on any atom is -0.302 e. The molecule has 23 heavy (non-hydrogen) atoms. The summed E-state index contributed by atoms with van der Waals surface area (Å²) in [7, 11) is 0. The number of hydrogen-bond donors (Lipinski definition) is 0. The fourth-order valence-electron chi connectivity index (χ4n) is 2.46. The van der Waals surface area contributed by atoms with Crippen LogP contribution in [0.15, 0.2) is 58.2 Å². The number of benzene rings is 2. The van der Waals surface area contributed by atoms with Crippen molar-refractivity contribution in [3.63, 3.8) is 0 Å². The van der Waals surface area contributed by atoms with Crippen molar-refractivity contribution in [2.24, 2.45) is 0 Å². The summed E-state index contributed by atoms with van der Waals surface area (Å²) in [6.45, 7) is 5.10. The molecule has 0 radical (unpaired) electrons. The predicted molar refractivity (Wildman–Crippen MR) is 99.6 cm³/mol. The van der Waals surface area contributed by atoms with Crippen LogP contribution in [0, 0.1) is 6.92 Å². The first-order valence-corrected chi connectivity index (χ1v) is 9.34. The lowest BCUT2D eigenvalue weighted by Crippen LogP contribution is -2.00. The molecule has 0 N–H and O–H groups in total. The zero-order chi connectivity index (χ0) is 16.2. The second-order valence-electron chi connectivity index (χ2n) is 5.25. The normalized spacial score (nSPS) is 10.9. The maximum atomic E-state index is 4.43. The number of thioether (sulfide) groups is 1. The van der Waals surface area contributed by atoms with Crippen molar-refractivity contribution >= 4 is 27.7 Å². The lowest BCUT2D eigenvalue weighted by Gasteiger charge is -2.09. The molecule has 5 heteroatoms. The van der Waals surface area contributed by atoms with Gasteiger partial charge in [-0.15, -0.1) is 10.2 Å². The van der Waals surface area contributed by atoms with Gasteiger partial charge >= 0.3 is 0 Å². The number of aromatic nitrogens is 3.